The maximum atomic E-state index is 12.3. The number of ether oxygens (including phenoxy) is 2. The van der Waals surface area contributed by atoms with E-state index in [1.54, 1.807) is 12.0 Å². The summed E-state index contributed by atoms with van der Waals surface area (Å²) in [6.45, 7) is 3.89. The number of rotatable bonds is 7. The van der Waals surface area contributed by atoms with Crippen molar-refractivity contribution in [3.8, 4) is 5.75 Å². The first-order valence-corrected chi connectivity index (χ1v) is 10.6. The average Bonchev–Trinajstić information content (AvgIpc) is 3.14. The van der Waals surface area contributed by atoms with Gasteiger partial charge in [-0.1, -0.05) is 30.3 Å². The van der Waals surface area contributed by atoms with Gasteiger partial charge in [0, 0.05) is 18.8 Å². The highest BCUT2D eigenvalue weighted by atomic mass is 16.6. The third-order valence-corrected chi connectivity index (χ3v) is 6.00. The molecule has 4 rings (SSSR count). The van der Waals surface area contributed by atoms with E-state index in [0.717, 1.165) is 43.9 Å². The molecule has 2 aromatic carbocycles. The maximum absolute atomic E-state index is 12.3. The van der Waals surface area contributed by atoms with Crippen LogP contribution in [0.4, 0.5) is 10.5 Å². The van der Waals surface area contributed by atoms with Gasteiger partial charge in [-0.05, 0) is 68.0 Å². The maximum Gasteiger partial charge on any atom is 0.414 e. The number of anilines is 1. The van der Waals surface area contributed by atoms with Crippen molar-refractivity contribution in [2.45, 2.75) is 31.8 Å². The van der Waals surface area contributed by atoms with Crippen LogP contribution >= 0.6 is 0 Å². The minimum atomic E-state index is -0.249. The van der Waals surface area contributed by atoms with Crippen molar-refractivity contribution >= 4 is 11.8 Å². The van der Waals surface area contributed by atoms with Crippen LogP contribution < -0.4 is 9.64 Å². The monoisotopic (exact) mass is 394 g/mol. The first-order valence-electron chi connectivity index (χ1n) is 10.6. The molecule has 2 aliphatic rings. The summed E-state index contributed by atoms with van der Waals surface area (Å²) >= 11 is 0. The number of carbonyl (C=O) groups excluding carboxylic acids is 1. The lowest BCUT2D eigenvalue weighted by molar-refractivity contribution is 0.113. The highest BCUT2D eigenvalue weighted by Gasteiger charge is 2.32. The Morgan fingerprint density at radius 3 is 2.62 bits per heavy atom. The Morgan fingerprint density at radius 1 is 1.07 bits per heavy atom. The fourth-order valence-electron chi connectivity index (χ4n) is 4.44. The summed E-state index contributed by atoms with van der Waals surface area (Å²) in [6, 6.07) is 18.3. The van der Waals surface area contributed by atoms with Gasteiger partial charge in [0.25, 0.3) is 0 Å². The molecule has 29 heavy (non-hydrogen) atoms. The molecule has 0 spiro atoms. The lowest BCUT2D eigenvalue weighted by Crippen LogP contribution is -2.38. The second-order valence-corrected chi connectivity index (χ2v) is 8.10. The molecule has 0 aromatic heterocycles. The second kappa shape index (κ2) is 9.31. The van der Waals surface area contributed by atoms with Crippen LogP contribution in [0.15, 0.2) is 54.6 Å². The Labute approximate surface area is 173 Å². The van der Waals surface area contributed by atoms with Gasteiger partial charge in [0.1, 0.15) is 11.9 Å². The van der Waals surface area contributed by atoms with Gasteiger partial charge in [-0.25, -0.2) is 4.79 Å². The summed E-state index contributed by atoms with van der Waals surface area (Å²) in [5.74, 6) is 1.50. The SMILES string of the molecule is COc1ccc(N2CC(CCN3CCCC(Cc4ccccc4)C3)OC2=O)cc1. The van der Waals surface area contributed by atoms with Crippen LogP contribution in [0.5, 0.6) is 5.75 Å². The average molecular weight is 395 g/mol. The van der Waals surface area contributed by atoms with Crippen molar-refractivity contribution in [1.82, 2.24) is 4.90 Å². The number of nitrogens with zero attached hydrogens (tertiary/aromatic N) is 2. The van der Waals surface area contributed by atoms with Gasteiger partial charge in [0.05, 0.1) is 13.7 Å². The zero-order chi connectivity index (χ0) is 20.1. The van der Waals surface area contributed by atoms with Crippen molar-refractivity contribution in [1.29, 1.82) is 0 Å². The first kappa shape index (κ1) is 19.8. The molecule has 0 aliphatic carbocycles. The molecule has 2 fully saturated rings. The molecule has 1 amide bonds. The molecule has 2 atom stereocenters. The molecule has 2 heterocycles. The fourth-order valence-corrected chi connectivity index (χ4v) is 4.44. The van der Waals surface area contributed by atoms with Crippen LogP contribution in [0.25, 0.3) is 0 Å². The summed E-state index contributed by atoms with van der Waals surface area (Å²) in [6.07, 6.45) is 4.30. The van der Waals surface area contributed by atoms with Gasteiger partial charge in [-0.15, -0.1) is 0 Å². The Bertz CT molecular complexity index is 794. The normalized spacial score (nSPS) is 22.5. The number of amides is 1. The number of likely N-dealkylation sites (tertiary alicyclic amines) is 1. The van der Waals surface area contributed by atoms with Crippen LogP contribution in [0.2, 0.25) is 0 Å². The largest absolute Gasteiger partial charge is 0.497 e. The number of hydrogen-bond acceptors (Lipinski definition) is 4. The van der Waals surface area contributed by atoms with E-state index in [2.05, 4.69) is 35.2 Å². The highest BCUT2D eigenvalue weighted by molar-refractivity contribution is 5.89. The summed E-state index contributed by atoms with van der Waals surface area (Å²) in [5, 5.41) is 0. The molecule has 5 nitrogen and oxygen atoms in total. The van der Waals surface area contributed by atoms with Crippen molar-refractivity contribution in [3.63, 3.8) is 0 Å². The lowest BCUT2D eigenvalue weighted by Gasteiger charge is -2.33. The Kier molecular flexibility index (Phi) is 6.35. The fraction of sp³-hybridized carbons (Fsp3) is 0.458. The number of cyclic esters (lactones) is 1. The molecule has 0 N–H and O–H groups in total. The van der Waals surface area contributed by atoms with Gasteiger partial charge in [-0.2, -0.15) is 0 Å². The summed E-state index contributed by atoms with van der Waals surface area (Å²) in [5.41, 5.74) is 2.29. The molecule has 2 aromatic rings. The Hall–Kier alpha value is -2.53. The van der Waals surface area contributed by atoms with Crippen LogP contribution in [-0.4, -0.2) is 50.4 Å². The number of benzene rings is 2. The smallest absolute Gasteiger partial charge is 0.414 e. The summed E-state index contributed by atoms with van der Waals surface area (Å²) in [7, 11) is 1.64. The summed E-state index contributed by atoms with van der Waals surface area (Å²) < 4.78 is 10.8. The molecular weight excluding hydrogens is 364 g/mol. The van der Waals surface area contributed by atoms with E-state index >= 15 is 0 Å². The standard InChI is InChI=1S/C24H30N2O3/c1-28-22-11-9-21(10-12-22)26-18-23(29-24(26)27)13-15-25-14-5-8-20(17-25)16-19-6-3-2-4-7-19/h2-4,6-7,9-12,20,23H,5,8,13-18H2,1H3. The Morgan fingerprint density at radius 2 is 1.86 bits per heavy atom. The van der Waals surface area contributed by atoms with Crippen LogP contribution in [0.1, 0.15) is 24.8 Å². The van der Waals surface area contributed by atoms with Crippen molar-refractivity contribution in [3.05, 3.63) is 60.2 Å². The van der Waals surface area contributed by atoms with Gasteiger partial charge in [-0.3, -0.25) is 4.90 Å². The predicted octanol–water partition coefficient (Wildman–Crippen LogP) is 4.37. The van der Waals surface area contributed by atoms with E-state index in [-0.39, 0.29) is 12.2 Å². The zero-order valence-corrected chi connectivity index (χ0v) is 17.1. The number of hydrogen-bond donors (Lipinski definition) is 0. The molecule has 5 heteroatoms. The molecular formula is C24H30N2O3. The van der Waals surface area contributed by atoms with E-state index in [4.69, 9.17) is 9.47 Å². The third kappa shape index (κ3) is 5.10. The van der Waals surface area contributed by atoms with Crippen molar-refractivity contribution < 1.29 is 14.3 Å². The lowest BCUT2D eigenvalue weighted by atomic mass is 9.91. The van der Waals surface area contributed by atoms with Crippen LogP contribution in [0, 0.1) is 5.92 Å². The highest BCUT2D eigenvalue weighted by Crippen LogP contribution is 2.26. The van der Waals surface area contributed by atoms with E-state index in [1.807, 2.05) is 24.3 Å². The van der Waals surface area contributed by atoms with Gasteiger partial charge in [0.2, 0.25) is 0 Å². The first-order chi connectivity index (χ1) is 14.2. The van der Waals surface area contributed by atoms with E-state index in [9.17, 15) is 4.79 Å². The van der Waals surface area contributed by atoms with E-state index in [1.165, 1.54) is 18.4 Å². The second-order valence-electron chi connectivity index (χ2n) is 8.10. The minimum absolute atomic E-state index is 0.0425. The molecule has 2 aliphatic heterocycles. The molecule has 2 saturated heterocycles. The number of piperidine rings is 1. The van der Waals surface area contributed by atoms with Gasteiger partial charge in [0.15, 0.2) is 0 Å². The topological polar surface area (TPSA) is 42.0 Å². The molecule has 0 bridgehead atoms. The van der Waals surface area contributed by atoms with Gasteiger partial charge >= 0.3 is 6.09 Å². The van der Waals surface area contributed by atoms with Gasteiger partial charge < -0.3 is 14.4 Å². The Balaban J connectivity index is 1.26. The third-order valence-electron chi connectivity index (χ3n) is 6.00. The molecule has 0 saturated carbocycles. The number of carbonyl (C=O) groups is 1. The quantitative estimate of drug-likeness (QED) is 0.700. The van der Waals surface area contributed by atoms with E-state index in [0.29, 0.717) is 12.5 Å². The van der Waals surface area contributed by atoms with Crippen LogP contribution in [0.3, 0.4) is 0 Å². The number of methoxy groups -OCH3 is 1. The van der Waals surface area contributed by atoms with E-state index < -0.39 is 0 Å². The zero-order valence-electron chi connectivity index (χ0n) is 17.1. The van der Waals surface area contributed by atoms with Crippen molar-refractivity contribution in [2.24, 2.45) is 5.92 Å². The molecule has 2 unspecified atom stereocenters. The predicted molar refractivity (Wildman–Crippen MR) is 115 cm³/mol. The minimum Gasteiger partial charge on any atom is -0.497 e. The summed E-state index contributed by atoms with van der Waals surface area (Å²) in [4.78, 5) is 16.6. The van der Waals surface area contributed by atoms with Crippen LogP contribution in [-0.2, 0) is 11.2 Å². The molecule has 0 radical (unpaired) electrons. The van der Waals surface area contributed by atoms with Crippen molar-refractivity contribution in [2.75, 3.05) is 38.2 Å². The molecule has 154 valence electrons.